The van der Waals surface area contributed by atoms with Crippen LogP contribution in [0.5, 0.6) is 0 Å². The second kappa shape index (κ2) is 4.43. The van der Waals surface area contributed by atoms with Crippen LogP contribution in [-0.2, 0) is 9.47 Å². The number of rotatable bonds is 7. The molecule has 0 aromatic carbocycles. The fourth-order valence-corrected chi connectivity index (χ4v) is 1.37. The first-order chi connectivity index (χ1) is 6.40. The molecule has 13 heavy (non-hydrogen) atoms. The Morgan fingerprint density at radius 3 is 2.92 bits per heavy atom. The molecule has 3 atom stereocenters. The van der Waals surface area contributed by atoms with Crippen molar-refractivity contribution in [2.75, 3.05) is 13.2 Å². The fraction of sp³-hybridized carbons (Fsp3) is 0.818. The highest BCUT2D eigenvalue weighted by atomic mass is 16.5. The average molecular weight is 182 g/mol. The van der Waals surface area contributed by atoms with Crippen LogP contribution < -0.4 is 0 Å². The Labute approximate surface area is 80.6 Å². The summed E-state index contributed by atoms with van der Waals surface area (Å²) in [5.74, 6) is 0.679. The predicted molar refractivity (Wildman–Crippen MR) is 51.1 cm³/mol. The van der Waals surface area contributed by atoms with Gasteiger partial charge in [-0.05, 0) is 25.7 Å². The van der Waals surface area contributed by atoms with Gasteiger partial charge in [0.1, 0.15) is 0 Å². The maximum absolute atomic E-state index is 5.63. The van der Waals surface area contributed by atoms with Gasteiger partial charge in [-0.3, -0.25) is 0 Å². The molecule has 0 aromatic heterocycles. The summed E-state index contributed by atoms with van der Waals surface area (Å²) in [7, 11) is 0. The van der Waals surface area contributed by atoms with Crippen LogP contribution in [0.25, 0.3) is 0 Å². The van der Waals surface area contributed by atoms with E-state index < -0.39 is 0 Å². The zero-order valence-electron chi connectivity index (χ0n) is 8.08. The van der Waals surface area contributed by atoms with E-state index in [2.05, 4.69) is 13.3 Å². The van der Waals surface area contributed by atoms with Crippen molar-refractivity contribution in [3.63, 3.8) is 0 Å². The Morgan fingerprint density at radius 1 is 1.38 bits per heavy atom. The van der Waals surface area contributed by atoms with Crippen LogP contribution in [-0.4, -0.2) is 25.4 Å². The lowest BCUT2D eigenvalue weighted by Gasteiger charge is -2.02. The molecule has 2 saturated carbocycles. The van der Waals surface area contributed by atoms with E-state index in [1.165, 1.54) is 6.42 Å². The van der Waals surface area contributed by atoms with Gasteiger partial charge >= 0.3 is 0 Å². The zero-order chi connectivity index (χ0) is 9.10. The van der Waals surface area contributed by atoms with E-state index >= 15 is 0 Å². The Kier molecular flexibility index (Phi) is 3.23. The molecule has 2 rings (SSSR count). The van der Waals surface area contributed by atoms with Gasteiger partial charge in [0, 0.05) is 12.5 Å². The summed E-state index contributed by atoms with van der Waals surface area (Å²) < 4.78 is 11.2. The van der Waals surface area contributed by atoms with E-state index in [-0.39, 0.29) is 0 Å². The van der Waals surface area contributed by atoms with Crippen molar-refractivity contribution >= 4 is 0 Å². The number of unbranched alkanes of at least 4 members (excludes halogenated alkanes) is 1. The monoisotopic (exact) mass is 182 g/mol. The molecule has 0 amide bonds. The summed E-state index contributed by atoms with van der Waals surface area (Å²) in [5.41, 5.74) is 0. The molecule has 0 spiro atoms. The van der Waals surface area contributed by atoms with Crippen LogP contribution in [0.3, 0.4) is 0 Å². The number of hydrogen-bond acceptors (Lipinski definition) is 2. The van der Waals surface area contributed by atoms with Crippen molar-refractivity contribution in [3.8, 4) is 0 Å². The maximum Gasteiger partial charge on any atom is 0.0630 e. The predicted octanol–water partition coefficient (Wildman–Crippen LogP) is 2.00. The Bertz CT molecular complexity index is 154. The van der Waals surface area contributed by atoms with E-state index in [0.717, 1.165) is 32.5 Å². The Balaban J connectivity index is 1.44. The van der Waals surface area contributed by atoms with Gasteiger partial charge < -0.3 is 9.47 Å². The fourth-order valence-electron chi connectivity index (χ4n) is 1.37. The molecule has 2 fully saturated rings. The molecule has 0 heterocycles. The zero-order valence-corrected chi connectivity index (χ0v) is 8.08. The van der Waals surface area contributed by atoms with Gasteiger partial charge in [-0.15, -0.1) is 0 Å². The third-order valence-electron chi connectivity index (χ3n) is 2.54. The van der Waals surface area contributed by atoms with Gasteiger partial charge in [0.15, 0.2) is 0 Å². The minimum atomic E-state index is 0.473. The normalized spacial score (nSPS) is 32.1. The van der Waals surface area contributed by atoms with E-state index in [0.29, 0.717) is 18.1 Å². The first-order valence-corrected chi connectivity index (χ1v) is 5.26. The maximum atomic E-state index is 5.63. The number of ether oxygens (including phenoxy) is 2. The van der Waals surface area contributed by atoms with Gasteiger partial charge in [-0.2, -0.15) is 0 Å². The smallest absolute Gasteiger partial charge is 0.0630 e. The summed E-state index contributed by atoms with van der Waals surface area (Å²) in [6.07, 6.45) is 7.57. The Morgan fingerprint density at radius 2 is 2.23 bits per heavy atom. The molecule has 2 heteroatoms. The van der Waals surface area contributed by atoms with Gasteiger partial charge in [-0.1, -0.05) is 13.3 Å². The molecular formula is C11H18O2. The SMILES string of the molecule is [CH2]CCCOC1CC1COC1[CH]C1. The van der Waals surface area contributed by atoms with Crippen molar-refractivity contribution in [1.29, 1.82) is 0 Å². The largest absolute Gasteiger partial charge is 0.378 e. The molecule has 2 nitrogen and oxygen atoms in total. The van der Waals surface area contributed by atoms with Crippen molar-refractivity contribution in [3.05, 3.63) is 13.3 Å². The van der Waals surface area contributed by atoms with E-state index in [4.69, 9.17) is 9.47 Å². The highest BCUT2D eigenvalue weighted by Crippen LogP contribution is 2.35. The molecule has 0 aromatic rings. The van der Waals surface area contributed by atoms with Gasteiger partial charge in [0.2, 0.25) is 0 Å². The minimum Gasteiger partial charge on any atom is -0.378 e. The molecule has 0 bridgehead atoms. The van der Waals surface area contributed by atoms with Crippen LogP contribution in [0, 0.1) is 19.3 Å². The summed E-state index contributed by atoms with van der Waals surface area (Å²) in [4.78, 5) is 0. The van der Waals surface area contributed by atoms with E-state index in [9.17, 15) is 0 Å². The average Bonchev–Trinajstić information content (AvgIpc) is 2.98. The third kappa shape index (κ3) is 3.28. The molecule has 3 unspecified atom stereocenters. The van der Waals surface area contributed by atoms with Crippen molar-refractivity contribution in [2.45, 2.75) is 37.9 Å². The topological polar surface area (TPSA) is 18.5 Å². The molecule has 0 saturated heterocycles. The van der Waals surface area contributed by atoms with Crippen molar-refractivity contribution in [2.24, 2.45) is 5.92 Å². The molecule has 74 valence electrons. The van der Waals surface area contributed by atoms with Gasteiger partial charge in [0.05, 0.1) is 18.8 Å². The molecule has 2 aliphatic rings. The lowest BCUT2D eigenvalue weighted by atomic mass is 10.4. The highest BCUT2D eigenvalue weighted by molar-refractivity contribution is 4.97. The first-order valence-electron chi connectivity index (χ1n) is 5.26. The molecule has 2 radical (unpaired) electrons. The number of hydrogen-bond donors (Lipinski definition) is 0. The minimum absolute atomic E-state index is 0.473. The van der Waals surface area contributed by atoms with Crippen molar-refractivity contribution in [1.82, 2.24) is 0 Å². The molecule has 2 aliphatic carbocycles. The lowest BCUT2D eigenvalue weighted by Crippen LogP contribution is -2.05. The molecule has 0 N–H and O–H groups in total. The van der Waals surface area contributed by atoms with Crippen LogP contribution in [0.1, 0.15) is 25.7 Å². The van der Waals surface area contributed by atoms with Crippen LogP contribution >= 0.6 is 0 Å². The summed E-state index contributed by atoms with van der Waals surface area (Å²) in [5, 5.41) is 0. The van der Waals surface area contributed by atoms with Crippen LogP contribution in [0.15, 0.2) is 0 Å². The molecular weight excluding hydrogens is 164 g/mol. The Hall–Kier alpha value is -0.0800. The second-order valence-electron chi connectivity index (χ2n) is 3.96. The molecule has 0 aliphatic heterocycles. The summed E-state index contributed by atoms with van der Waals surface area (Å²) >= 11 is 0. The van der Waals surface area contributed by atoms with Crippen LogP contribution in [0.2, 0.25) is 0 Å². The van der Waals surface area contributed by atoms with E-state index in [1.54, 1.807) is 0 Å². The quantitative estimate of drug-likeness (QED) is 0.561. The second-order valence-corrected chi connectivity index (χ2v) is 3.96. The third-order valence-corrected chi connectivity index (χ3v) is 2.54. The van der Waals surface area contributed by atoms with E-state index in [1.807, 2.05) is 0 Å². The van der Waals surface area contributed by atoms with Gasteiger partial charge in [0.25, 0.3) is 0 Å². The first kappa shape index (κ1) is 9.47. The lowest BCUT2D eigenvalue weighted by molar-refractivity contribution is 0.0706. The van der Waals surface area contributed by atoms with Crippen molar-refractivity contribution < 1.29 is 9.47 Å². The van der Waals surface area contributed by atoms with Gasteiger partial charge in [-0.25, -0.2) is 0 Å². The summed E-state index contributed by atoms with van der Waals surface area (Å²) in [6.45, 7) is 5.56. The van der Waals surface area contributed by atoms with Crippen LogP contribution in [0.4, 0.5) is 0 Å². The highest BCUT2D eigenvalue weighted by Gasteiger charge is 2.39. The standard InChI is InChI=1S/C11H18O2/c1-2-3-6-12-11-7-9(11)8-13-10-4-5-10/h4,9-11H,1-3,5-8H2. The summed E-state index contributed by atoms with van der Waals surface area (Å²) in [6, 6.07) is 0.